The predicted octanol–water partition coefficient (Wildman–Crippen LogP) is 3.80. The van der Waals surface area contributed by atoms with Gasteiger partial charge in [0, 0.05) is 0 Å². The molecule has 5 nitrogen and oxygen atoms in total. The van der Waals surface area contributed by atoms with Crippen molar-refractivity contribution in [1.29, 1.82) is 0 Å². The second kappa shape index (κ2) is 6.88. The number of ether oxygens (including phenoxy) is 2. The smallest absolute Gasteiger partial charge is 0.230 e. The van der Waals surface area contributed by atoms with E-state index in [1.807, 2.05) is 25.1 Å². The molecule has 0 aliphatic heterocycles. The molecule has 0 aliphatic carbocycles. The van der Waals surface area contributed by atoms with Crippen LogP contribution in [-0.2, 0) is 11.2 Å². The minimum atomic E-state index is -0.113. The van der Waals surface area contributed by atoms with Crippen LogP contribution in [0, 0.1) is 6.92 Å². The fraction of sp³-hybridized carbons (Fsp3) is 0.222. The third-order valence-electron chi connectivity index (χ3n) is 3.60. The Kier molecular flexibility index (Phi) is 4.66. The minimum absolute atomic E-state index is 0.113. The van der Waals surface area contributed by atoms with E-state index in [0.29, 0.717) is 16.6 Å². The van der Waals surface area contributed by atoms with Crippen molar-refractivity contribution in [3.63, 3.8) is 0 Å². The molecule has 3 aromatic rings. The highest BCUT2D eigenvalue weighted by atomic mass is 32.1. The van der Waals surface area contributed by atoms with Crippen molar-refractivity contribution in [3.8, 4) is 11.5 Å². The highest BCUT2D eigenvalue weighted by Gasteiger charge is 2.11. The Morgan fingerprint density at radius 2 is 1.92 bits per heavy atom. The number of anilines is 1. The van der Waals surface area contributed by atoms with Gasteiger partial charge in [0.25, 0.3) is 0 Å². The number of aryl methyl sites for hydroxylation is 1. The van der Waals surface area contributed by atoms with Gasteiger partial charge in [0.1, 0.15) is 0 Å². The molecule has 124 valence electrons. The van der Waals surface area contributed by atoms with E-state index in [-0.39, 0.29) is 12.3 Å². The zero-order valence-electron chi connectivity index (χ0n) is 13.8. The number of hydrogen-bond donors (Lipinski definition) is 1. The summed E-state index contributed by atoms with van der Waals surface area (Å²) in [5, 5.41) is 3.47. The van der Waals surface area contributed by atoms with E-state index in [9.17, 15) is 4.79 Å². The highest BCUT2D eigenvalue weighted by Crippen LogP contribution is 2.29. The first-order valence-electron chi connectivity index (χ1n) is 7.47. The van der Waals surface area contributed by atoms with Gasteiger partial charge in [0.15, 0.2) is 16.6 Å². The van der Waals surface area contributed by atoms with Crippen molar-refractivity contribution in [1.82, 2.24) is 4.98 Å². The molecule has 0 aliphatic rings. The lowest BCUT2D eigenvalue weighted by molar-refractivity contribution is -0.115. The van der Waals surface area contributed by atoms with Gasteiger partial charge in [-0.3, -0.25) is 4.79 Å². The standard InChI is InChI=1S/C18H18N2O3S/c1-11-4-6-13-16(8-11)24-18(19-13)20-17(21)10-12-5-7-14(22-2)15(9-12)23-3/h4-9H,10H2,1-3H3,(H,19,20,21). The Bertz CT molecular complexity index is 889. The van der Waals surface area contributed by atoms with E-state index in [1.54, 1.807) is 26.4 Å². The number of thiazole rings is 1. The molecule has 6 heteroatoms. The van der Waals surface area contributed by atoms with Crippen LogP contribution >= 0.6 is 11.3 Å². The molecule has 24 heavy (non-hydrogen) atoms. The second-order valence-electron chi connectivity index (χ2n) is 5.40. The summed E-state index contributed by atoms with van der Waals surface area (Å²) >= 11 is 1.48. The van der Waals surface area contributed by atoms with Crippen molar-refractivity contribution >= 4 is 32.6 Å². The zero-order chi connectivity index (χ0) is 17.1. The maximum absolute atomic E-state index is 12.3. The first-order chi connectivity index (χ1) is 11.6. The lowest BCUT2D eigenvalue weighted by Gasteiger charge is -2.09. The average molecular weight is 342 g/mol. The van der Waals surface area contributed by atoms with E-state index in [1.165, 1.54) is 16.9 Å². The van der Waals surface area contributed by atoms with Crippen molar-refractivity contribution in [2.24, 2.45) is 0 Å². The molecule has 0 saturated carbocycles. The van der Waals surface area contributed by atoms with Crippen LogP contribution in [0.2, 0.25) is 0 Å². The summed E-state index contributed by atoms with van der Waals surface area (Å²) < 4.78 is 11.5. The largest absolute Gasteiger partial charge is 0.493 e. The average Bonchev–Trinajstić information content (AvgIpc) is 2.95. The molecule has 0 bridgehead atoms. The Morgan fingerprint density at radius 3 is 2.67 bits per heavy atom. The molecule has 0 radical (unpaired) electrons. The van der Waals surface area contributed by atoms with Gasteiger partial charge in [-0.1, -0.05) is 23.5 Å². The number of hydrogen-bond acceptors (Lipinski definition) is 5. The van der Waals surface area contributed by atoms with Crippen LogP contribution in [-0.4, -0.2) is 25.1 Å². The third kappa shape index (κ3) is 3.49. The van der Waals surface area contributed by atoms with Crippen molar-refractivity contribution in [2.75, 3.05) is 19.5 Å². The van der Waals surface area contributed by atoms with Gasteiger partial charge in [-0.25, -0.2) is 4.98 Å². The summed E-state index contributed by atoms with van der Waals surface area (Å²) in [5.74, 6) is 1.14. The number of carbonyl (C=O) groups is 1. The summed E-state index contributed by atoms with van der Waals surface area (Å²) in [6.45, 7) is 2.04. The zero-order valence-corrected chi connectivity index (χ0v) is 14.6. The Hall–Kier alpha value is -2.60. The Labute approximate surface area is 144 Å². The molecular weight excluding hydrogens is 324 g/mol. The van der Waals surface area contributed by atoms with Crippen LogP contribution in [0.25, 0.3) is 10.2 Å². The van der Waals surface area contributed by atoms with E-state index in [4.69, 9.17) is 9.47 Å². The number of rotatable bonds is 5. The van der Waals surface area contributed by atoms with Crippen LogP contribution in [0.4, 0.5) is 5.13 Å². The summed E-state index contributed by atoms with van der Waals surface area (Å²) in [6.07, 6.45) is 0.245. The quantitative estimate of drug-likeness (QED) is 0.766. The Balaban J connectivity index is 1.72. The van der Waals surface area contributed by atoms with Crippen LogP contribution in [0.5, 0.6) is 11.5 Å². The van der Waals surface area contributed by atoms with Gasteiger partial charge >= 0.3 is 0 Å². The molecule has 0 unspecified atom stereocenters. The molecule has 1 amide bonds. The van der Waals surface area contributed by atoms with Crippen LogP contribution in [0.15, 0.2) is 36.4 Å². The second-order valence-corrected chi connectivity index (χ2v) is 6.44. The van der Waals surface area contributed by atoms with Crippen LogP contribution in [0.3, 0.4) is 0 Å². The molecule has 1 N–H and O–H groups in total. The van der Waals surface area contributed by atoms with E-state index in [0.717, 1.165) is 15.8 Å². The summed E-state index contributed by atoms with van der Waals surface area (Å²) in [6, 6.07) is 11.5. The molecule has 1 heterocycles. The normalized spacial score (nSPS) is 10.6. The molecule has 0 fully saturated rings. The predicted molar refractivity (Wildman–Crippen MR) is 96.2 cm³/mol. The van der Waals surface area contributed by atoms with Gasteiger partial charge in [0.2, 0.25) is 5.91 Å². The first kappa shape index (κ1) is 16.3. The van der Waals surface area contributed by atoms with Gasteiger partial charge in [-0.15, -0.1) is 0 Å². The SMILES string of the molecule is COc1ccc(CC(=O)Nc2nc3ccc(C)cc3s2)cc1OC. The first-order valence-corrected chi connectivity index (χ1v) is 8.28. The Morgan fingerprint density at radius 1 is 1.12 bits per heavy atom. The maximum atomic E-state index is 12.3. The summed E-state index contributed by atoms with van der Waals surface area (Å²) in [5.41, 5.74) is 2.92. The van der Waals surface area contributed by atoms with Gasteiger partial charge < -0.3 is 14.8 Å². The van der Waals surface area contributed by atoms with Crippen molar-refractivity contribution in [3.05, 3.63) is 47.5 Å². The number of nitrogens with zero attached hydrogens (tertiary/aromatic N) is 1. The fourth-order valence-corrected chi connectivity index (χ4v) is 3.40. The monoisotopic (exact) mass is 342 g/mol. The summed E-state index contributed by atoms with van der Waals surface area (Å²) in [7, 11) is 3.16. The topological polar surface area (TPSA) is 60.5 Å². The van der Waals surface area contributed by atoms with E-state index < -0.39 is 0 Å². The third-order valence-corrected chi connectivity index (χ3v) is 4.54. The van der Waals surface area contributed by atoms with Gasteiger partial charge in [-0.05, 0) is 42.3 Å². The van der Waals surface area contributed by atoms with Gasteiger partial charge in [-0.2, -0.15) is 0 Å². The fourth-order valence-electron chi connectivity index (χ4n) is 2.42. The number of fused-ring (bicyclic) bond motifs is 1. The van der Waals surface area contributed by atoms with Crippen molar-refractivity contribution < 1.29 is 14.3 Å². The lowest BCUT2D eigenvalue weighted by Crippen LogP contribution is -2.14. The summed E-state index contributed by atoms with van der Waals surface area (Å²) in [4.78, 5) is 16.7. The molecule has 0 saturated heterocycles. The van der Waals surface area contributed by atoms with E-state index >= 15 is 0 Å². The molecule has 2 aromatic carbocycles. The molecule has 1 aromatic heterocycles. The molecule has 0 atom stereocenters. The van der Waals surface area contributed by atoms with Crippen molar-refractivity contribution in [2.45, 2.75) is 13.3 Å². The number of amides is 1. The highest BCUT2D eigenvalue weighted by molar-refractivity contribution is 7.22. The number of methoxy groups -OCH3 is 2. The maximum Gasteiger partial charge on any atom is 0.230 e. The van der Waals surface area contributed by atoms with Crippen LogP contribution < -0.4 is 14.8 Å². The number of nitrogens with one attached hydrogen (secondary N) is 1. The van der Waals surface area contributed by atoms with Gasteiger partial charge in [0.05, 0.1) is 30.9 Å². The van der Waals surface area contributed by atoms with E-state index in [2.05, 4.69) is 16.4 Å². The van der Waals surface area contributed by atoms with Crippen LogP contribution in [0.1, 0.15) is 11.1 Å². The lowest BCUT2D eigenvalue weighted by atomic mass is 10.1. The number of carbonyl (C=O) groups excluding carboxylic acids is 1. The number of benzene rings is 2. The molecular formula is C18H18N2O3S. The number of aromatic nitrogens is 1. The molecule has 3 rings (SSSR count). The molecule has 0 spiro atoms. The minimum Gasteiger partial charge on any atom is -0.493 e.